The lowest BCUT2D eigenvalue weighted by Crippen LogP contribution is -2.25. The molecule has 1 amide bonds. The predicted octanol–water partition coefficient (Wildman–Crippen LogP) is 3.12. The van der Waals surface area contributed by atoms with Crippen LogP contribution in [0.15, 0.2) is 48.5 Å². The highest BCUT2D eigenvalue weighted by Crippen LogP contribution is 2.28. The number of carbonyl (C=O) groups excluding carboxylic acids is 1. The lowest BCUT2D eigenvalue weighted by atomic mass is 9.95. The van der Waals surface area contributed by atoms with E-state index in [1.165, 1.54) is 0 Å². The van der Waals surface area contributed by atoms with Gasteiger partial charge in [-0.25, -0.2) is 0 Å². The molecule has 1 aliphatic carbocycles. The van der Waals surface area contributed by atoms with Crippen molar-refractivity contribution in [3.63, 3.8) is 0 Å². The first-order chi connectivity index (χ1) is 9.79. The fourth-order valence-corrected chi connectivity index (χ4v) is 2.22. The summed E-state index contributed by atoms with van der Waals surface area (Å²) in [6, 6.07) is 17.3. The summed E-state index contributed by atoms with van der Waals surface area (Å²) >= 11 is 0. The SMILES string of the molecule is N#Cc1ccccc1-c1ccccc1C(=O)NC1CC1. The maximum absolute atomic E-state index is 12.3. The molecule has 98 valence electrons. The van der Waals surface area contributed by atoms with E-state index in [1.807, 2.05) is 36.4 Å². The number of hydrogen-bond donors (Lipinski definition) is 1. The molecule has 0 unspecified atom stereocenters. The van der Waals surface area contributed by atoms with Crippen LogP contribution in [0.2, 0.25) is 0 Å². The van der Waals surface area contributed by atoms with Crippen LogP contribution in [0, 0.1) is 11.3 Å². The van der Waals surface area contributed by atoms with Crippen molar-refractivity contribution in [2.24, 2.45) is 0 Å². The summed E-state index contributed by atoms with van der Waals surface area (Å²) in [5, 5.41) is 12.2. The van der Waals surface area contributed by atoms with E-state index in [4.69, 9.17) is 0 Å². The zero-order valence-electron chi connectivity index (χ0n) is 11.0. The highest BCUT2D eigenvalue weighted by molar-refractivity contribution is 6.01. The third-order valence-corrected chi connectivity index (χ3v) is 3.42. The Kier molecular flexibility index (Phi) is 3.22. The number of nitriles is 1. The van der Waals surface area contributed by atoms with E-state index in [2.05, 4.69) is 11.4 Å². The highest BCUT2D eigenvalue weighted by Gasteiger charge is 2.25. The van der Waals surface area contributed by atoms with Crippen LogP contribution >= 0.6 is 0 Å². The Labute approximate surface area is 117 Å². The second-order valence-corrected chi connectivity index (χ2v) is 4.95. The molecule has 1 N–H and O–H groups in total. The van der Waals surface area contributed by atoms with Crippen molar-refractivity contribution in [2.45, 2.75) is 18.9 Å². The van der Waals surface area contributed by atoms with Crippen LogP contribution in [-0.4, -0.2) is 11.9 Å². The summed E-state index contributed by atoms with van der Waals surface area (Å²) in [7, 11) is 0. The van der Waals surface area contributed by atoms with Gasteiger partial charge in [-0.15, -0.1) is 0 Å². The predicted molar refractivity (Wildman–Crippen MR) is 77.1 cm³/mol. The Hall–Kier alpha value is -2.60. The molecule has 0 spiro atoms. The minimum Gasteiger partial charge on any atom is -0.349 e. The van der Waals surface area contributed by atoms with E-state index in [-0.39, 0.29) is 5.91 Å². The Morgan fingerprint density at radius 1 is 1.05 bits per heavy atom. The molecule has 1 aliphatic rings. The van der Waals surface area contributed by atoms with Crippen LogP contribution in [0.5, 0.6) is 0 Å². The Bertz CT molecular complexity index is 696. The number of amides is 1. The molecule has 3 rings (SSSR count). The van der Waals surface area contributed by atoms with Gasteiger partial charge in [0.1, 0.15) is 0 Å². The summed E-state index contributed by atoms with van der Waals surface area (Å²) in [6.07, 6.45) is 2.12. The average Bonchev–Trinajstić information content (AvgIpc) is 3.31. The fourth-order valence-electron chi connectivity index (χ4n) is 2.22. The van der Waals surface area contributed by atoms with Gasteiger partial charge in [0.15, 0.2) is 0 Å². The molecule has 0 heterocycles. The van der Waals surface area contributed by atoms with Gasteiger partial charge in [-0.1, -0.05) is 36.4 Å². The zero-order valence-corrected chi connectivity index (χ0v) is 11.0. The summed E-state index contributed by atoms with van der Waals surface area (Å²) < 4.78 is 0. The number of benzene rings is 2. The molecule has 2 aromatic carbocycles. The summed E-state index contributed by atoms with van der Waals surface area (Å²) in [5.74, 6) is -0.0594. The van der Waals surface area contributed by atoms with Crippen molar-refractivity contribution in [2.75, 3.05) is 0 Å². The van der Waals surface area contributed by atoms with Crippen LogP contribution < -0.4 is 5.32 Å². The molecule has 3 nitrogen and oxygen atoms in total. The molecule has 0 radical (unpaired) electrons. The molecule has 1 fully saturated rings. The van der Waals surface area contributed by atoms with Gasteiger partial charge in [-0.2, -0.15) is 5.26 Å². The zero-order chi connectivity index (χ0) is 13.9. The van der Waals surface area contributed by atoms with Crippen molar-refractivity contribution in [1.82, 2.24) is 5.32 Å². The summed E-state index contributed by atoms with van der Waals surface area (Å²) in [4.78, 5) is 12.3. The van der Waals surface area contributed by atoms with Crippen LogP contribution in [-0.2, 0) is 0 Å². The Balaban J connectivity index is 2.05. The first kappa shape index (κ1) is 12.4. The second kappa shape index (κ2) is 5.18. The van der Waals surface area contributed by atoms with Gasteiger partial charge < -0.3 is 5.32 Å². The third kappa shape index (κ3) is 2.41. The molecule has 0 aromatic heterocycles. The number of nitrogens with one attached hydrogen (secondary N) is 1. The maximum atomic E-state index is 12.3. The number of hydrogen-bond acceptors (Lipinski definition) is 2. The largest absolute Gasteiger partial charge is 0.349 e. The van der Waals surface area contributed by atoms with Gasteiger partial charge in [0.25, 0.3) is 5.91 Å². The number of carbonyl (C=O) groups is 1. The van der Waals surface area contributed by atoms with Crippen molar-refractivity contribution in [1.29, 1.82) is 5.26 Å². The van der Waals surface area contributed by atoms with Gasteiger partial charge in [-0.05, 0) is 30.5 Å². The van der Waals surface area contributed by atoms with Gasteiger partial charge in [-0.3, -0.25) is 4.79 Å². The number of rotatable bonds is 3. The topological polar surface area (TPSA) is 52.9 Å². The van der Waals surface area contributed by atoms with Crippen molar-refractivity contribution < 1.29 is 4.79 Å². The van der Waals surface area contributed by atoms with Gasteiger partial charge in [0, 0.05) is 17.2 Å². The Morgan fingerprint density at radius 2 is 1.70 bits per heavy atom. The third-order valence-electron chi connectivity index (χ3n) is 3.42. The quantitative estimate of drug-likeness (QED) is 0.924. The monoisotopic (exact) mass is 262 g/mol. The smallest absolute Gasteiger partial charge is 0.252 e. The molecule has 0 aliphatic heterocycles. The van der Waals surface area contributed by atoms with Crippen LogP contribution in [0.3, 0.4) is 0 Å². The molecular weight excluding hydrogens is 248 g/mol. The van der Waals surface area contributed by atoms with E-state index in [9.17, 15) is 10.1 Å². The molecule has 0 saturated heterocycles. The van der Waals surface area contributed by atoms with E-state index in [1.54, 1.807) is 12.1 Å². The molecular formula is C17H14N2O. The van der Waals surface area contributed by atoms with E-state index >= 15 is 0 Å². The first-order valence-electron chi connectivity index (χ1n) is 6.69. The molecule has 3 heteroatoms. The summed E-state index contributed by atoms with van der Waals surface area (Å²) in [6.45, 7) is 0. The summed E-state index contributed by atoms with van der Waals surface area (Å²) in [5.41, 5.74) is 2.82. The molecule has 0 bridgehead atoms. The standard InChI is InChI=1S/C17H14N2O/c18-11-12-5-1-2-6-14(12)15-7-3-4-8-16(15)17(20)19-13-9-10-13/h1-8,13H,9-10H2,(H,19,20). The van der Waals surface area contributed by atoms with Crippen molar-refractivity contribution >= 4 is 5.91 Å². The van der Waals surface area contributed by atoms with E-state index in [0.29, 0.717) is 17.2 Å². The fraction of sp³-hybridized carbons (Fsp3) is 0.176. The first-order valence-corrected chi connectivity index (χ1v) is 6.69. The average molecular weight is 262 g/mol. The Morgan fingerprint density at radius 3 is 2.40 bits per heavy atom. The van der Waals surface area contributed by atoms with Crippen molar-refractivity contribution in [3.8, 4) is 17.2 Å². The molecule has 1 saturated carbocycles. The number of nitrogens with zero attached hydrogens (tertiary/aromatic N) is 1. The molecule has 20 heavy (non-hydrogen) atoms. The van der Waals surface area contributed by atoms with Gasteiger partial charge in [0.05, 0.1) is 11.6 Å². The molecule has 0 atom stereocenters. The van der Waals surface area contributed by atoms with Crippen LogP contribution in [0.4, 0.5) is 0 Å². The van der Waals surface area contributed by atoms with Crippen LogP contribution in [0.1, 0.15) is 28.8 Å². The lowest BCUT2D eigenvalue weighted by molar-refractivity contribution is 0.0951. The van der Waals surface area contributed by atoms with Crippen molar-refractivity contribution in [3.05, 3.63) is 59.7 Å². The van der Waals surface area contributed by atoms with E-state index in [0.717, 1.165) is 24.0 Å². The normalized spacial score (nSPS) is 13.6. The van der Waals surface area contributed by atoms with E-state index < -0.39 is 0 Å². The van der Waals surface area contributed by atoms with Gasteiger partial charge >= 0.3 is 0 Å². The lowest BCUT2D eigenvalue weighted by Gasteiger charge is -2.11. The highest BCUT2D eigenvalue weighted by atomic mass is 16.1. The van der Waals surface area contributed by atoms with Crippen LogP contribution in [0.25, 0.3) is 11.1 Å². The minimum atomic E-state index is -0.0594. The second-order valence-electron chi connectivity index (χ2n) is 4.95. The van der Waals surface area contributed by atoms with Gasteiger partial charge in [0.2, 0.25) is 0 Å². The molecule has 2 aromatic rings. The maximum Gasteiger partial charge on any atom is 0.252 e. The minimum absolute atomic E-state index is 0.0594.